The number of hydrogen-bond donors (Lipinski definition) is 3. The summed E-state index contributed by atoms with van der Waals surface area (Å²) in [7, 11) is 0. The van der Waals surface area contributed by atoms with Gasteiger partial charge in [0.05, 0.1) is 12.0 Å². The number of rotatable bonds is 9. The van der Waals surface area contributed by atoms with Crippen molar-refractivity contribution in [2.75, 3.05) is 13.2 Å². The fraction of sp³-hybridized carbons (Fsp3) is 0.132. The van der Waals surface area contributed by atoms with E-state index in [2.05, 4.69) is 46.1 Å². The Morgan fingerprint density at radius 1 is 0.717 bits per heavy atom. The van der Waals surface area contributed by atoms with Gasteiger partial charge in [0.2, 0.25) is 16.9 Å². The van der Waals surface area contributed by atoms with Crippen LogP contribution < -0.4 is 21.5 Å². The van der Waals surface area contributed by atoms with Crippen LogP contribution in [0.25, 0.3) is 22.2 Å². The van der Waals surface area contributed by atoms with Gasteiger partial charge in [0.1, 0.15) is 23.7 Å². The summed E-state index contributed by atoms with van der Waals surface area (Å²) in [6.45, 7) is 11.9. The summed E-state index contributed by atoms with van der Waals surface area (Å²) in [5.74, 6) is -1.06. The van der Waals surface area contributed by atoms with Crippen LogP contribution in [0.4, 0.5) is 0 Å². The van der Waals surface area contributed by atoms with Crippen molar-refractivity contribution in [3.05, 3.63) is 170 Å². The third-order valence-corrected chi connectivity index (χ3v) is 7.57. The molecule has 0 spiro atoms. The Morgan fingerprint density at radius 2 is 1.15 bits per heavy atom. The average molecular weight is 834 g/mol. The van der Waals surface area contributed by atoms with E-state index in [0.29, 0.717) is 34.4 Å². The number of aromatic nitrogens is 2. The summed E-state index contributed by atoms with van der Waals surface area (Å²) < 4.78 is 15.1. The van der Waals surface area contributed by atoms with Gasteiger partial charge < -0.3 is 43.2 Å². The molecule has 0 aliphatic heterocycles. The van der Waals surface area contributed by atoms with Crippen LogP contribution >= 0.6 is 23.2 Å². The summed E-state index contributed by atoms with van der Waals surface area (Å²) in [6.07, 6.45) is 5.11. The Bertz CT molecular complexity index is 2260. The van der Waals surface area contributed by atoms with Crippen LogP contribution in [0.5, 0.6) is 0 Å². The molecule has 4 aromatic heterocycles. The van der Waals surface area contributed by atoms with E-state index in [1.54, 1.807) is 54.6 Å². The number of ether oxygens (including phenoxy) is 1. The van der Waals surface area contributed by atoms with Crippen LogP contribution in [0.15, 0.2) is 104 Å². The maximum Gasteiger partial charge on any atom is 3.00 e. The first kappa shape index (κ1) is 43.0. The molecule has 0 saturated heterocycles. The molecular weight excluding hydrogens is 800 g/mol. The zero-order valence-electron chi connectivity index (χ0n) is 28.3. The number of aliphatic hydroxyl groups is 1. The number of carbonyl (C=O) groups is 2. The molecule has 0 aliphatic carbocycles. The van der Waals surface area contributed by atoms with E-state index in [1.807, 2.05) is 0 Å². The SMILES string of the molecule is O=C(NCc1ccc(Cl)cc1)c1coc2ncc(CO)cc2c1=O.[CH2-]COC[CH2-].[CH2-]c1cnc2occ(C(=O)NCc3ccc(Cl)cc3)c(=O)c2c1.[Y+3]. The first-order chi connectivity index (χ1) is 25.0. The fourth-order valence-corrected chi connectivity index (χ4v) is 4.64. The van der Waals surface area contributed by atoms with Crippen LogP contribution in [-0.4, -0.2) is 40.1 Å². The number of halogens is 2. The molecule has 3 N–H and O–H groups in total. The van der Waals surface area contributed by atoms with Crippen LogP contribution in [0.2, 0.25) is 10.0 Å². The summed E-state index contributed by atoms with van der Waals surface area (Å²) >= 11 is 11.6. The summed E-state index contributed by atoms with van der Waals surface area (Å²) in [4.78, 5) is 57.2. The van der Waals surface area contributed by atoms with Gasteiger partial charge in [-0.1, -0.05) is 66.9 Å². The van der Waals surface area contributed by atoms with Crippen molar-refractivity contribution in [3.8, 4) is 0 Å². The van der Waals surface area contributed by atoms with E-state index >= 15 is 0 Å². The standard InChI is InChI=1S/C17H13ClN2O4.C17H12ClN2O3.C4H8O.Y/c18-12-3-1-10(2-4-12)6-19-16(23)14-9-24-17-13(15(14)22)5-11(8-21)7-20-17;1-10-6-13-15(21)14(9-23-17(13)20-7-10)16(22)19-8-11-2-4-12(18)5-3-11;1-3-5-4-2;/h1-5,7,9,21H,6,8H2,(H,19,23);2-7,9H,1,8H2,(H,19,22);1-4H2;/q;-1;-2;+3. The monoisotopic (exact) mass is 832 g/mol. The van der Waals surface area contributed by atoms with E-state index < -0.39 is 22.7 Å². The second kappa shape index (κ2) is 21.3. The summed E-state index contributed by atoms with van der Waals surface area (Å²) in [5, 5.41) is 16.1. The number of amides is 2. The number of nitrogens with zero attached hydrogens (tertiary/aromatic N) is 2. The van der Waals surface area contributed by atoms with Crippen LogP contribution in [0, 0.1) is 20.8 Å². The Balaban J connectivity index is 0.000000249. The van der Waals surface area contributed by atoms with Crippen molar-refractivity contribution < 1.29 is 61.0 Å². The van der Waals surface area contributed by atoms with Gasteiger partial charge in [0, 0.05) is 34.7 Å². The molecule has 2 aromatic carbocycles. The first-order valence-corrected chi connectivity index (χ1v) is 16.3. The molecule has 15 heteroatoms. The Hall–Kier alpha value is -4.43. The van der Waals surface area contributed by atoms with Crippen LogP contribution in [0.3, 0.4) is 0 Å². The second-order valence-corrected chi connectivity index (χ2v) is 11.6. The van der Waals surface area contributed by atoms with Gasteiger partial charge in [-0.2, -0.15) is 12.5 Å². The van der Waals surface area contributed by atoms with Gasteiger partial charge in [-0.3, -0.25) is 24.2 Å². The molecule has 12 nitrogen and oxygen atoms in total. The molecule has 53 heavy (non-hydrogen) atoms. The maximum absolute atomic E-state index is 12.4. The van der Waals surface area contributed by atoms with E-state index in [9.17, 15) is 19.2 Å². The van der Waals surface area contributed by atoms with Gasteiger partial charge in [0.25, 0.3) is 11.8 Å². The van der Waals surface area contributed by atoms with Gasteiger partial charge in [-0.05, 0) is 47.0 Å². The third kappa shape index (κ3) is 12.3. The van der Waals surface area contributed by atoms with Crippen molar-refractivity contribution in [1.29, 1.82) is 0 Å². The van der Waals surface area contributed by atoms with E-state index in [4.69, 9.17) is 37.1 Å². The molecule has 0 saturated carbocycles. The number of benzene rings is 2. The minimum Gasteiger partial charge on any atom is -0.447 e. The molecule has 2 amide bonds. The number of pyridine rings is 2. The molecule has 0 radical (unpaired) electrons. The van der Waals surface area contributed by atoms with Crippen molar-refractivity contribution >= 4 is 57.2 Å². The molecular formula is C38H33Cl2N4O8Y. The number of carbonyl (C=O) groups excluding carboxylic acids is 2. The zero-order chi connectivity index (χ0) is 37.6. The minimum absolute atomic E-state index is 0. The molecule has 0 fully saturated rings. The molecule has 0 bridgehead atoms. The Morgan fingerprint density at radius 3 is 1.57 bits per heavy atom. The van der Waals surface area contributed by atoms with Crippen molar-refractivity contribution in [3.63, 3.8) is 0 Å². The quantitative estimate of drug-likeness (QED) is 0.149. The van der Waals surface area contributed by atoms with Gasteiger partial charge in [-0.25, -0.2) is 4.98 Å². The van der Waals surface area contributed by atoms with Gasteiger partial charge >= 0.3 is 32.7 Å². The van der Waals surface area contributed by atoms with E-state index in [0.717, 1.165) is 23.7 Å². The smallest absolute Gasteiger partial charge is 0.447 e. The van der Waals surface area contributed by atoms with Crippen LogP contribution in [0.1, 0.15) is 43.0 Å². The van der Waals surface area contributed by atoms with Crippen molar-refractivity contribution in [2.24, 2.45) is 0 Å². The second-order valence-electron chi connectivity index (χ2n) is 10.7. The molecule has 0 unspecified atom stereocenters. The zero-order valence-corrected chi connectivity index (χ0v) is 32.6. The molecule has 0 aliphatic rings. The van der Waals surface area contributed by atoms with Gasteiger partial charge in [-0.15, -0.1) is 6.07 Å². The van der Waals surface area contributed by atoms with E-state index in [-0.39, 0.29) is 85.7 Å². The first-order valence-electron chi connectivity index (χ1n) is 15.5. The summed E-state index contributed by atoms with van der Waals surface area (Å²) in [6, 6.07) is 17.1. The molecule has 0 atom stereocenters. The molecule has 270 valence electrons. The molecule has 6 aromatic rings. The third-order valence-electron chi connectivity index (χ3n) is 7.06. The number of hydrogen-bond acceptors (Lipinski definition) is 10. The van der Waals surface area contributed by atoms with E-state index in [1.165, 1.54) is 18.5 Å². The van der Waals surface area contributed by atoms with Gasteiger partial charge in [0.15, 0.2) is 5.43 Å². The predicted molar refractivity (Wildman–Crippen MR) is 198 cm³/mol. The number of aliphatic hydroxyl groups excluding tert-OH is 1. The topological polar surface area (TPSA) is 174 Å². The normalized spacial score (nSPS) is 10.3. The van der Waals surface area contributed by atoms with Crippen LogP contribution in [-0.2, 0) is 57.1 Å². The molecule has 6 rings (SSSR count). The fourth-order valence-electron chi connectivity index (χ4n) is 4.39. The molecule has 4 heterocycles. The number of nitrogens with one attached hydrogen (secondary N) is 2. The number of fused-ring (bicyclic) bond motifs is 2. The Labute approximate surface area is 339 Å². The largest absolute Gasteiger partial charge is 3.00 e. The summed E-state index contributed by atoms with van der Waals surface area (Å²) in [5.41, 5.74) is 1.94. The predicted octanol–water partition coefficient (Wildman–Crippen LogP) is 5.89. The van der Waals surface area contributed by atoms with Crippen molar-refractivity contribution in [1.82, 2.24) is 20.6 Å². The Kier molecular flexibility index (Phi) is 17.3. The minimum atomic E-state index is -0.546. The maximum atomic E-state index is 12.4. The van der Waals surface area contributed by atoms with Crippen molar-refractivity contribution in [2.45, 2.75) is 19.7 Å². The average Bonchev–Trinajstić information content (AvgIpc) is 3.15.